The van der Waals surface area contributed by atoms with Crippen molar-refractivity contribution in [1.82, 2.24) is 10.6 Å². The van der Waals surface area contributed by atoms with Gasteiger partial charge >= 0.3 is 6.03 Å². The fourth-order valence-electron chi connectivity index (χ4n) is 2.61. The maximum absolute atomic E-state index is 11.9. The molecule has 0 bridgehead atoms. The lowest BCUT2D eigenvalue weighted by Crippen LogP contribution is -2.27. The molecule has 5 nitrogen and oxygen atoms in total. The van der Waals surface area contributed by atoms with Gasteiger partial charge in [-0.15, -0.1) is 0 Å². The molecule has 0 unspecified atom stereocenters. The van der Waals surface area contributed by atoms with Gasteiger partial charge in [-0.3, -0.25) is 9.69 Å². The number of nitrogens with one attached hydrogen (secondary N) is 2. The van der Waals surface area contributed by atoms with E-state index in [0.717, 1.165) is 16.8 Å². The van der Waals surface area contributed by atoms with E-state index in [1.807, 2.05) is 42.5 Å². The lowest BCUT2D eigenvalue weighted by molar-refractivity contribution is -0.120. The van der Waals surface area contributed by atoms with E-state index in [4.69, 9.17) is 11.6 Å². The van der Waals surface area contributed by atoms with Crippen molar-refractivity contribution in [3.8, 4) is 11.8 Å². The fraction of sp³-hybridized carbons (Fsp3) is 0.200. The molecule has 0 aromatic heterocycles. The van der Waals surface area contributed by atoms with Gasteiger partial charge in [0.25, 0.3) is 0 Å². The number of nitrogens with zero attached hydrogens (tertiary/aromatic N) is 1. The number of benzene rings is 2. The molecule has 2 aromatic rings. The van der Waals surface area contributed by atoms with Crippen LogP contribution in [0.3, 0.4) is 0 Å². The van der Waals surface area contributed by atoms with Crippen LogP contribution in [0.5, 0.6) is 0 Å². The lowest BCUT2D eigenvalue weighted by atomic mass is 10.1. The minimum atomic E-state index is -0.122. The first-order valence-electron chi connectivity index (χ1n) is 8.28. The first kappa shape index (κ1) is 17.8. The third kappa shape index (κ3) is 4.56. The van der Waals surface area contributed by atoms with Crippen molar-refractivity contribution in [2.24, 2.45) is 0 Å². The maximum atomic E-state index is 11.9. The molecule has 132 valence electrons. The molecule has 0 radical (unpaired) electrons. The van der Waals surface area contributed by atoms with E-state index in [1.54, 1.807) is 11.0 Å². The summed E-state index contributed by atoms with van der Waals surface area (Å²) in [7, 11) is 0. The number of carbonyl (C=O) groups excluding carboxylic acids is 2. The zero-order valence-corrected chi connectivity index (χ0v) is 14.8. The van der Waals surface area contributed by atoms with Gasteiger partial charge in [0.2, 0.25) is 5.91 Å². The van der Waals surface area contributed by atoms with Gasteiger partial charge in [-0.1, -0.05) is 41.6 Å². The zero-order valence-electron chi connectivity index (χ0n) is 14.1. The van der Waals surface area contributed by atoms with E-state index in [1.165, 1.54) is 0 Å². The van der Waals surface area contributed by atoms with Gasteiger partial charge < -0.3 is 10.6 Å². The molecule has 1 saturated heterocycles. The van der Waals surface area contributed by atoms with E-state index in [2.05, 4.69) is 22.5 Å². The van der Waals surface area contributed by atoms with Crippen LogP contribution in [0.2, 0.25) is 5.02 Å². The van der Waals surface area contributed by atoms with E-state index >= 15 is 0 Å². The van der Waals surface area contributed by atoms with E-state index < -0.39 is 0 Å². The smallest absolute Gasteiger partial charge is 0.321 e. The van der Waals surface area contributed by atoms with Crippen molar-refractivity contribution >= 4 is 29.2 Å². The fourth-order valence-corrected chi connectivity index (χ4v) is 2.81. The van der Waals surface area contributed by atoms with Crippen LogP contribution in [0, 0.1) is 11.8 Å². The van der Waals surface area contributed by atoms with Crippen molar-refractivity contribution in [2.75, 3.05) is 24.5 Å². The highest BCUT2D eigenvalue weighted by Crippen LogP contribution is 2.17. The van der Waals surface area contributed by atoms with E-state index in [-0.39, 0.29) is 24.9 Å². The highest BCUT2D eigenvalue weighted by molar-refractivity contribution is 6.31. The van der Waals surface area contributed by atoms with Crippen LogP contribution < -0.4 is 15.5 Å². The van der Waals surface area contributed by atoms with Gasteiger partial charge in [0.1, 0.15) is 0 Å². The molecule has 2 aromatic carbocycles. The molecule has 6 heteroatoms. The summed E-state index contributed by atoms with van der Waals surface area (Å²) >= 11 is 6.04. The number of urea groups is 1. The Kier molecular flexibility index (Phi) is 5.77. The van der Waals surface area contributed by atoms with Crippen LogP contribution in [0.25, 0.3) is 0 Å². The van der Waals surface area contributed by atoms with Gasteiger partial charge in [-0.2, -0.15) is 0 Å². The predicted octanol–water partition coefficient (Wildman–Crippen LogP) is 2.58. The molecule has 0 aliphatic carbocycles. The van der Waals surface area contributed by atoms with Crippen molar-refractivity contribution < 1.29 is 9.59 Å². The second-order valence-corrected chi connectivity index (χ2v) is 6.18. The Morgan fingerprint density at radius 3 is 2.65 bits per heavy atom. The van der Waals surface area contributed by atoms with Crippen molar-refractivity contribution in [3.63, 3.8) is 0 Å². The van der Waals surface area contributed by atoms with Crippen LogP contribution in [0.15, 0.2) is 48.5 Å². The molecule has 0 atom stereocenters. The zero-order chi connectivity index (χ0) is 18.4. The Morgan fingerprint density at radius 1 is 1.19 bits per heavy atom. The third-order valence-corrected chi connectivity index (χ3v) is 4.32. The molecule has 0 saturated carbocycles. The van der Waals surface area contributed by atoms with Crippen LogP contribution in [-0.4, -0.2) is 31.6 Å². The SMILES string of the molecule is O=C(Cc1ccccc1Cl)NCC#Cc1ccc(N2CCNC2=O)cc1. The van der Waals surface area contributed by atoms with Crippen LogP contribution >= 0.6 is 11.6 Å². The molecule has 26 heavy (non-hydrogen) atoms. The third-order valence-electron chi connectivity index (χ3n) is 3.95. The average molecular weight is 368 g/mol. The second kappa shape index (κ2) is 8.41. The molecule has 1 aliphatic rings. The van der Waals surface area contributed by atoms with Gasteiger partial charge in [-0.25, -0.2) is 4.79 Å². The Morgan fingerprint density at radius 2 is 1.96 bits per heavy atom. The Labute approximate surface area is 157 Å². The normalized spacial score (nSPS) is 13.0. The first-order valence-corrected chi connectivity index (χ1v) is 8.66. The van der Waals surface area contributed by atoms with Crippen LogP contribution in [0.1, 0.15) is 11.1 Å². The lowest BCUT2D eigenvalue weighted by Gasteiger charge is -2.13. The first-order chi connectivity index (χ1) is 12.6. The van der Waals surface area contributed by atoms with Gasteiger partial charge in [0.15, 0.2) is 0 Å². The summed E-state index contributed by atoms with van der Waals surface area (Å²) in [5, 5.41) is 6.11. The largest absolute Gasteiger partial charge is 0.345 e. The monoisotopic (exact) mass is 367 g/mol. The quantitative estimate of drug-likeness (QED) is 0.816. The summed E-state index contributed by atoms with van der Waals surface area (Å²) in [5.74, 6) is 5.79. The Balaban J connectivity index is 1.49. The number of halogens is 1. The summed E-state index contributed by atoms with van der Waals surface area (Å²) in [4.78, 5) is 25.2. The maximum Gasteiger partial charge on any atom is 0.321 e. The standard InChI is InChI=1S/C20H18ClN3O2/c21-18-6-2-1-5-16(18)14-19(25)22-11-3-4-15-7-9-17(10-8-15)24-13-12-23-20(24)26/h1-2,5-10H,11-14H2,(H,22,25)(H,23,26). The number of hydrogen-bond acceptors (Lipinski definition) is 2. The highest BCUT2D eigenvalue weighted by atomic mass is 35.5. The summed E-state index contributed by atoms with van der Waals surface area (Å²) in [5.41, 5.74) is 2.47. The molecular formula is C20H18ClN3O2. The summed E-state index contributed by atoms with van der Waals surface area (Å²) < 4.78 is 0. The number of carbonyl (C=O) groups is 2. The van der Waals surface area contributed by atoms with Crippen LogP contribution in [0.4, 0.5) is 10.5 Å². The highest BCUT2D eigenvalue weighted by Gasteiger charge is 2.20. The average Bonchev–Trinajstić information content (AvgIpc) is 3.07. The number of anilines is 1. The van der Waals surface area contributed by atoms with E-state index in [0.29, 0.717) is 18.1 Å². The molecule has 0 spiro atoms. The molecule has 2 N–H and O–H groups in total. The summed E-state index contributed by atoms with van der Waals surface area (Å²) in [6.07, 6.45) is 0.230. The molecule has 1 heterocycles. The molecule has 1 fully saturated rings. The molecule has 3 amide bonds. The molecule has 3 rings (SSSR count). The number of hydrogen-bond donors (Lipinski definition) is 2. The topological polar surface area (TPSA) is 61.4 Å². The van der Waals surface area contributed by atoms with Gasteiger partial charge in [0.05, 0.1) is 13.0 Å². The van der Waals surface area contributed by atoms with Crippen molar-refractivity contribution in [2.45, 2.75) is 6.42 Å². The van der Waals surface area contributed by atoms with E-state index in [9.17, 15) is 9.59 Å². The minimum Gasteiger partial charge on any atom is -0.345 e. The minimum absolute atomic E-state index is 0.0786. The molecule has 1 aliphatic heterocycles. The predicted molar refractivity (Wildman–Crippen MR) is 102 cm³/mol. The summed E-state index contributed by atoms with van der Waals surface area (Å²) in [6, 6.07) is 14.6. The number of rotatable bonds is 4. The summed E-state index contributed by atoms with van der Waals surface area (Å²) in [6.45, 7) is 1.59. The van der Waals surface area contributed by atoms with Crippen LogP contribution in [-0.2, 0) is 11.2 Å². The van der Waals surface area contributed by atoms with Gasteiger partial charge in [0, 0.05) is 29.4 Å². The van der Waals surface area contributed by atoms with Crippen molar-refractivity contribution in [3.05, 3.63) is 64.7 Å². The Bertz CT molecular complexity index is 869. The van der Waals surface area contributed by atoms with Crippen molar-refractivity contribution in [1.29, 1.82) is 0 Å². The van der Waals surface area contributed by atoms with Gasteiger partial charge in [-0.05, 0) is 35.9 Å². The molecular weight excluding hydrogens is 350 g/mol. The Hall–Kier alpha value is -2.97. The second-order valence-electron chi connectivity index (χ2n) is 5.78. The number of amides is 3.